The zero-order valence-electron chi connectivity index (χ0n) is 7.71. The molecule has 0 aromatic heterocycles. The van der Waals surface area contributed by atoms with Crippen molar-refractivity contribution in [3.63, 3.8) is 0 Å². The van der Waals surface area contributed by atoms with E-state index in [1.807, 2.05) is 0 Å². The molecule has 0 saturated heterocycles. The minimum atomic E-state index is -3.43. The highest BCUT2D eigenvalue weighted by Gasteiger charge is 2.36. The Hall–Kier alpha value is 1.19. The van der Waals surface area contributed by atoms with E-state index in [-0.39, 0.29) is 10.2 Å². The SMILES string of the molecule is ClCCl.O=S(=O)(c1ccccc1)C(Br)(Br)Br. The number of sulfone groups is 1. The van der Waals surface area contributed by atoms with Gasteiger partial charge < -0.3 is 0 Å². The summed E-state index contributed by atoms with van der Waals surface area (Å²) in [7, 11) is -3.43. The molecule has 0 unspecified atom stereocenters. The van der Waals surface area contributed by atoms with Crippen LogP contribution in [0.4, 0.5) is 0 Å². The first-order valence-electron chi connectivity index (χ1n) is 3.75. The largest absolute Gasteiger partial charge is 0.239 e. The summed E-state index contributed by atoms with van der Waals surface area (Å²) >= 11 is 18.5. The summed E-state index contributed by atoms with van der Waals surface area (Å²) in [6, 6.07) is 8.18. The Morgan fingerprint density at radius 3 is 1.75 bits per heavy atom. The van der Waals surface area contributed by atoms with Gasteiger partial charge in [-0.15, -0.1) is 23.2 Å². The van der Waals surface area contributed by atoms with Gasteiger partial charge in [-0.2, -0.15) is 0 Å². The Kier molecular flexibility index (Phi) is 8.15. The summed E-state index contributed by atoms with van der Waals surface area (Å²) in [6.45, 7) is 0. The topological polar surface area (TPSA) is 34.1 Å². The van der Waals surface area contributed by atoms with E-state index in [2.05, 4.69) is 47.8 Å². The van der Waals surface area contributed by atoms with Gasteiger partial charge in [0.15, 0.2) is 0 Å². The third kappa shape index (κ3) is 5.23. The van der Waals surface area contributed by atoms with Gasteiger partial charge in [-0.05, 0) is 59.9 Å². The quantitative estimate of drug-likeness (QED) is 0.551. The van der Waals surface area contributed by atoms with Crippen LogP contribution in [-0.2, 0) is 9.84 Å². The molecule has 0 aliphatic carbocycles. The van der Waals surface area contributed by atoms with Gasteiger partial charge in [-0.25, -0.2) is 8.42 Å². The van der Waals surface area contributed by atoms with Gasteiger partial charge in [0.25, 0.3) is 0 Å². The van der Waals surface area contributed by atoms with Crippen molar-refractivity contribution in [2.24, 2.45) is 0 Å². The second-order valence-corrected chi connectivity index (χ2v) is 13.6. The molecule has 0 fully saturated rings. The van der Waals surface area contributed by atoms with E-state index in [4.69, 9.17) is 23.2 Å². The molecule has 8 heteroatoms. The van der Waals surface area contributed by atoms with Crippen LogP contribution in [-0.4, -0.2) is 15.2 Å². The number of halogens is 5. The summed E-state index contributed by atoms with van der Waals surface area (Å²) in [5.41, 5.74) is 0. The average Bonchev–Trinajstić information content (AvgIpc) is 2.18. The molecule has 0 atom stereocenters. The molecule has 2 nitrogen and oxygen atoms in total. The Bertz CT molecular complexity index is 403. The fourth-order valence-electron chi connectivity index (χ4n) is 0.733. The van der Waals surface area contributed by atoms with Crippen molar-refractivity contribution in [1.82, 2.24) is 0 Å². The van der Waals surface area contributed by atoms with E-state index < -0.39 is 11.3 Å². The van der Waals surface area contributed by atoms with Crippen LogP contribution in [0.25, 0.3) is 0 Å². The molecular weight excluding hydrogens is 471 g/mol. The van der Waals surface area contributed by atoms with Crippen molar-refractivity contribution < 1.29 is 8.42 Å². The Morgan fingerprint density at radius 2 is 1.44 bits per heavy atom. The summed E-state index contributed by atoms with van der Waals surface area (Å²) in [5, 5.41) is 0.194. The molecule has 1 aromatic carbocycles. The van der Waals surface area contributed by atoms with Gasteiger partial charge in [0.1, 0.15) is 0 Å². The zero-order valence-corrected chi connectivity index (χ0v) is 14.8. The predicted octanol–water partition coefficient (Wildman–Crippen LogP) is 4.68. The smallest absolute Gasteiger partial charge is 0.220 e. The van der Waals surface area contributed by atoms with Crippen molar-refractivity contribution >= 4 is 80.8 Å². The zero-order chi connectivity index (χ0) is 12.8. The predicted molar refractivity (Wildman–Crippen MR) is 79.7 cm³/mol. The summed E-state index contributed by atoms with van der Waals surface area (Å²) < 4.78 is 22.1. The molecule has 0 heterocycles. The first-order chi connectivity index (χ1) is 7.27. The fourth-order valence-corrected chi connectivity index (χ4v) is 3.20. The highest BCUT2D eigenvalue weighted by molar-refractivity contribution is 9.42. The maximum absolute atomic E-state index is 11.7. The summed E-state index contributed by atoms with van der Waals surface area (Å²) in [4.78, 5) is 0.251. The van der Waals surface area contributed by atoms with Crippen LogP contribution in [0.3, 0.4) is 0 Å². The number of benzene rings is 1. The van der Waals surface area contributed by atoms with Gasteiger partial charge in [0.2, 0.25) is 11.3 Å². The molecule has 1 rings (SSSR count). The van der Waals surface area contributed by atoms with Crippen LogP contribution in [0, 0.1) is 0 Å². The van der Waals surface area contributed by atoms with Gasteiger partial charge in [0.05, 0.1) is 10.2 Å². The van der Waals surface area contributed by atoms with E-state index in [0.717, 1.165) is 0 Å². The van der Waals surface area contributed by atoms with Crippen molar-refractivity contribution in [3.8, 4) is 0 Å². The normalized spacial score (nSPS) is 11.6. The molecule has 0 saturated carbocycles. The number of hydrogen-bond acceptors (Lipinski definition) is 2. The second-order valence-electron chi connectivity index (χ2n) is 2.36. The maximum Gasteiger partial charge on any atom is 0.239 e. The van der Waals surface area contributed by atoms with Gasteiger partial charge in [0, 0.05) is 0 Å². The maximum atomic E-state index is 11.7. The van der Waals surface area contributed by atoms with E-state index >= 15 is 0 Å². The summed E-state index contributed by atoms with van der Waals surface area (Å²) in [6.07, 6.45) is 0. The van der Waals surface area contributed by atoms with E-state index in [1.54, 1.807) is 18.2 Å². The average molecular weight is 478 g/mol. The fraction of sp³-hybridized carbons (Fsp3) is 0.250. The molecule has 0 spiro atoms. The van der Waals surface area contributed by atoms with E-state index in [0.29, 0.717) is 0 Å². The standard InChI is InChI=1S/C7H5Br3O2S.CH2Cl2/c8-7(9,10)13(11,12)6-4-2-1-3-5-6;2-1-3/h1-5H;1H2. The third-order valence-electron chi connectivity index (χ3n) is 1.36. The number of rotatable bonds is 1. The molecular formula is C8H7Br3Cl2O2S. The minimum absolute atomic E-state index is 0.194. The number of hydrogen-bond donors (Lipinski definition) is 0. The minimum Gasteiger partial charge on any atom is -0.220 e. The van der Waals surface area contributed by atoms with Crippen molar-refractivity contribution in [2.75, 3.05) is 5.34 Å². The molecule has 0 radical (unpaired) electrons. The first-order valence-corrected chi connectivity index (χ1v) is 8.68. The van der Waals surface area contributed by atoms with Crippen LogP contribution in [0.2, 0.25) is 0 Å². The molecule has 0 N–H and O–H groups in total. The van der Waals surface area contributed by atoms with Crippen molar-refractivity contribution in [1.29, 1.82) is 0 Å². The van der Waals surface area contributed by atoms with Crippen LogP contribution in [0.15, 0.2) is 35.2 Å². The van der Waals surface area contributed by atoms with E-state index in [1.165, 1.54) is 12.1 Å². The number of alkyl halides is 5. The lowest BCUT2D eigenvalue weighted by atomic mass is 10.4. The molecule has 1 aromatic rings. The molecule has 0 aliphatic rings. The highest BCUT2D eigenvalue weighted by Crippen LogP contribution is 2.42. The lowest BCUT2D eigenvalue weighted by Gasteiger charge is -2.12. The Labute approximate surface area is 130 Å². The van der Waals surface area contributed by atoms with Crippen LogP contribution in [0.1, 0.15) is 0 Å². The monoisotopic (exact) mass is 474 g/mol. The molecule has 0 amide bonds. The van der Waals surface area contributed by atoms with E-state index in [9.17, 15) is 8.42 Å². The van der Waals surface area contributed by atoms with Crippen LogP contribution in [0.5, 0.6) is 0 Å². The third-order valence-corrected chi connectivity index (χ3v) is 6.70. The van der Waals surface area contributed by atoms with Crippen LogP contribution < -0.4 is 0 Å². The lowest BCUT2D eigenvalue weighted by molar-refractivity contribution is 0.599. The molecule has 0 aliphatic heterocycles. The Morgan fingerprint density at radius 1 is 1.06 bits per heavy atom. The lowest BCUT2D eigenvalue weighted by Crippen LogP contribution is -2.17. The van der Waals surface area contributed by atoms with Crippen molar-refractivity contribution in [3.05, 3.63) is 30.3 Å². The molecule has 0 bridgehead atoms. The van der Waals surface area contributed by atoms with Gasteiger partial charge >= 0.3 is 0 Å². The highest BCUT2D eigenvalue weighted by atomic mass is 80.0. The first kappa shape index (κ1) is 17.2. The molecule has 92 valence electrons. The van der Waals surface area contributed by atoms with Crippen LogP contribution >= 0.6 is 71.0 Å². The van der Waals surface area contributed by atoms with Gasteiger partial charge in [-0.3, -0.25) is 0 Å². The van der Waals surface area contributed by atoms with Gasteiger partial charge in [-0.1, -0.05) is 18.2 Å². The van der Waals surface area contributed by atoms with Crippen molar-refractivity contribution in [2.45, 2.75) is 6.37 Å². The second kappa shape index (κ2) is 7.59. The molecule has 16 heavy (non-hydrogen) atoms. The Balaban J connectivity index is 0.000000673. The summed E-state index contributed by atoms with van der Waals surface area (Å²) in [5.74, 6) is 0.